The molecule has 2 N–H and O–H groups in total. The normalized spacial score (nSPS) is 13.2. The Hall–Kier alpha value is -2.43. The molecule has 1 amide bonds. The second-order valence-electron chi connectivity index (χ2n) is 4.90. The molecule has 0 saturated heterocycles. The molecule has 0 unspecified atom stereocenters. The molecule has 1 aromatic heterocycles. The molecule has 102 valence electrons. The molecule has 5 nitrogen and oxygen atoms in total. The molecule has 0 bridgehead atoms. The number of hydrogen-bond acceptors (Lipinski definition) is 4. The van der Waals surface area contributed by atoms with Gasteiger partial charge in [-0.2, -0.15) is 0 Å². The molecule has 0 fully saturated rings. The van der Waals surface area contributed by atoms with Crippen LogP contribution in [0, 0.1) is 6.92 Å². The molecule has 0 saturated carbocycles. The Morgan fingerprint density at radius 2 is 2.20 bits per heavy atom. The fourth-order valence-corrected chi connectivity index (χ4v) is 2.26. The van der Waals surface area contributed by atoms with Crippen molar-refractivity contribution in [3.63, 3.8) is 0 Å². The van der Waals surface area contributed by atoms with Crippen LogP contribution in [0.3, 0.4) is 0 Å². The van der Waals surface area contributed by atoms with Gasteiger partial charge in [-0.05, 0) is 43.5 Å². The number of nitrogens with zero attached hydrogens (tertiary/aromatic N) is 2. The Morgan fingerprint density at radius 1 is 1.30 bits per heavy atom. The van der Waals surface area contributed by atoms with Crippen molar-refractivity contribution >= 4 is 17.3 Å². The highest BCUT2D eigenvalue weighted by Gasteiger charge is 2.11. The van der Waals surface area contributed by atoms with Crippen molar-refractivity contribution in [1.29, 1.82) is 0 Å². The summed E-state index contributed by atoms with van der Waals surface area (Å²) in [5.41, 5.74) is 4.31. The highest BCUT2D eigenvalue weighted by Crippen LogP contribution is 2.25. The molecule has 20 heavy (non-hydrogen) atoms. The zero-order valence-corrected chi connectivity index (χ0v) is 11.3. The number of aromatic nitrogens is 2. The third-order valence-electron chi connectivity index (χ3n) is 3.32. The monoisotopic (exact) mass is 268 g/mol. The number of fused-ring (bicyclic) bond motifs is 1. The number of benzene rings is 1. The quantitative estimate of drug-likeness (QED) is 0.877. The lowest BCUT2D eigenvalue weighted by Gasteiger charge is -2.18. The summed E-state index contributed by atoms with van der Waals surface area (Å²) in [5.74, 6) is -0.235. The van der Waals surface area contributed by atoms with Crippen LogP contribution in [-0.4, -0.2) is 22.4 Å². The van der Waals surface area contributed by atoms with Crippen LogP contribution in [-0.2, 0) is 6.42 Å². The van der Waals surface area contributed by atoms with E-state index in [-0.39, 0.29) is 5.91 Å². The van der Waals surface area contributed by atoms with Gasteiger partial charge in [-0.15, -0.1) is 0 Å². The second kappa shape index (κ2) is 5.28. The SMILES string of the molecule is Cc1cnc(C(=O)Nc2ccc3c(c2)CCCN3)cn1. The minimum absolute atomic E-state index is 0.235. The Kier molecular flexibility index (Phi) is 3.33. The topological polar surface area (TPSA) is 66.9 Å². The van der Waals surface area contributed by atoms with Crippen molar-refractivity contribution in [2.75, 3.05) is 17.2 Å². The molecule has 0 aliphatic carbocycles. The third-order valence-corrected chi connectivity index (χ3v) is 3.32. The lowest BCUT2D eigenvalue weighted by atomic mass is 10.0. The highest BCUT2D eigenvalue weighted by molar-refractivity contribution is 6.02. The first-order valence-electron chi connectivity index (χ1n) is 6.69. The van der Waals surface area contributed by atoms with Crippen LogP contribution >= 0.6 is 0 Å². The van der Waals surface area contributed by atoms with Crippen molar-refractivity contribution in [2.24, 2.45) is 0 Å². The molecular formula is C15H16N4O. The van der Waals surface area contributed by atoms with Gasteiger partial charge in [0.1, 0.15) is 5.69 Å². The van der Waals surface area contributed by atoms with E-state index < -0.39 is 0 Å². The van der Waals surface area contributed by atoms with Gasteiger partial charge in [0.15, 0.2) is 0 Å². The van der Waals surface area contributed by atoms with Crippen LogP contribution in [0.4, 0.5) is 11.4 Å². The van der Waals surface area contributed by atoms with Gasteiger partial charge in [-0.25, -0.2) is 4.98 Å². The largest absolute Gasteiger partial charge is 0.385 e. The Balaban J connectivity index is 1.77. The van der Waals surface area contributed by atoms with E-state index in [1.807, 2.05) is 25.1 Å². The van der Waals surface area contributed by atoms with E-state index in [4.69, 9.17) is 0 Å². The predicted molar refractivity (Wildman–Crippen MR) is 78.0 cm³/mol. The lowest BCUT2D eigenvalue weighted by Crippen LogP contribution is -2.16. The van der Waals surface area contributed by atoms with Crippen molar-refractivity contribution in [1.82, 2.24) is 9.97 Å². The molecule has 5 heteroatoms. The van der Waals surface area contributed by atoms with Crippen molar-refractivity contribution < 1.29 is 4.79 Å². The van der Waals surface area contributed by atoms with Gasteiger partial charge in [-0.3, -0.25) is 9.78 Å². The fourth-order valence-electron chi connectivity index (χ4n) is 2.26. The summed E-state index contributed by atoms with van der Waals surface area (Å²) in [4.78, 5) is 20.2. The summed E-state index contributed by atoms with van der Waals surface area (Å²) in [6.07, 6.45) is 5.24. The predicted octanol–water partition coefficient (Wildman–Crippen LogP) is 2.40. The summed E-state index contributed by atoms with van der Waals surface area (Å²) in [6, 6.07) is 5.92. The molecule has 1 aliphatic rings. The van der Waals surface area contributed by atoms with Gasteiger partial charge in [0.05, 0.1) is 11.9 Å². The maximum Gasteiger partial charge on any atom is 0.275 e. The van der Waals surface area contributed by atoms with E-state index in [0.717, 1.165) is 36.5 Å². The number of anilines is 2. The van der Waals surface area contributed by atoms with Gasteiger partial charge in [0.25, 0.3) is 5.91 Å². The Morgan fingerprint density at radius 3 is 3.00 bits per heavy atom. The summed E-state index contributed by atoms with van der Waals surface area (Å²) < 4.78 is 0. The summed E-state index contributed by atoms with van der Waals surface area (Å²) >= 11 is 0. The number of amides is 1. The maximum atomic E-state index is 12.1. The smallest absolute Gasteiger partial charge is 0.275 e. The van der Waals surface area contributed by atoms with Crippen LogP contribution in [0.15, 0.2) is 30.6 Å². The Bertz CT molecular complexity index is 637. The molecule has 0 atom stereocenters. The fraction of sp³-hybridized carbons (Fsp3) is 0.267. The standard InChI is InChI=1S/C15H16N4O/c1-10-8-18-14(9-17-10)15(20)19-12-4-5-13-11(7-12)3-2-6-16-13/h4-5,7-9,16H,2-3,6H2,1H3,(H,19,20). The molecule has 1 aliphatic heterocycles. The summed E-state index contributed by atoms with van der Waals surface area (Å²) in [5, 5.41) is 6.20. The van der Waals surface area contributed by atoms with Gasteiger partial charge in [-0.1, -0.05) is 0 Å². The van der Waals surface area contributed by atoms with Gasteiger partial charge >= 0.3 is 0 Å². The lowest BCUT2D eigenvalue weighted by molar-refractivity contribution is 0.102. The maximum absolute atomic E-state index is 12.1. The number of aryl methyl sites for hydroxylation is 2. The van der Waals surface area contributed by atoms with Crippen molar-refractivity contribution in [3.8, 4) is 0 Å². The average molecular weight is 268 g/mol. The zero-order valence-electron chi connectivity index (χ0n) is 11.3. The molecule has 2 heterocycles. The first-order chi connectivity index (χ1) is 9.72. The first-order valence-corrected chi connectivity index (χ1v) is 6.69. The minimum Gasteiger partial charge on any atom is -0.385 e. The van der Waals surface area contributed by atoms with Gasteiger partial charge in [0, 0.05) is 24.1 Å². The minimum atomic E-state index is -0.235. The highest BCUT2D eigenvalue weighted by atomic mass is 16.1. The van der Waals surface area contributed by atoms with E-state index in [0.29, 0.717) is 5.69 Å². The molecule has 0 spiro atoms. The molecule has 0 radical (unpaired) electrons. The molecule has 3 rings (SSSR count). The van der Waals surface area contributed by atoms with E-state index in [1.165, 1.54) is 11.8 Å². The molecule has 1 aromatic carbocycles. The van der Waals surface area contributed by atoms with E-state index in [9.17, 15) is 4.79 Å². The van der Waals surface area contributed by atoms with Crippen molar-refractivity contribution in [2.45, 2.75) is 19.8 Å². The number of nitrogens with one attached hydrogen (secondary N) is 2. The van der Waals surface area contributed by atoms with Crippen LogP contribution < -0.4 is 10.6 Å². The number of carbonyl (C=O) groups excluding carboxylic acids is 1. The van der Waals surface area contributed by atoms with Crippen LogP contribution in [0.25, 0.3) is 0 Å². The van der Waals surface area contributed by atoms with E-state index in [2.05, 4.69) is 20.6 Å². The van der Waals surface area contributed by atoms with Crippen molar-refractivity contribution in [3.05, 3.63) is 47.5 Å². The first kappa shape index (κ1) is 12.6. The van der Waals surface area contributed by atoms with Crippen LogP contribution in [0.5, 0.6) is 0 Å². The van der Waals surface area contributed by atoms with Crippen LogP contribution in [0.2, 0.25) is 0 Å². The number of hydrogen-bond donors (Lipinski definition) is 2. The third kappa shape index (κ3) is 2.61. The summed E-state index contributed by atoms with van der Waals surface area (Å²) in [6.45, 7) is 2.85. The Labute approximate surface area is 117 Å². The molecule has 2 aromatic rings. The number of rotatable bonds is 2. The van der Waals surface area contributed by atoms with E-state index >= 15 is 0 Å². The van der Waals surface area contributed by atoms with Crippen LogP contribution in [0.1, 0.15) is 28.2 Å². The second-order valence-corrected chi connectivity index (χ2v) is 4.90. The van der Waals surface area contributed by atoms with Gasteiger partial charge < -0.3 is 10.6 Å². The van der Waals surface area contributed by atoms with E-state index in [1.54, 1.807) is 6.20 Å². The summed E-state index contributed by atoms with van der Waals surface area (Å²) in [7, 11) is 0. The zero-order chi connectivity index (χ0) is 13.9. The number of carbonyl (C=O) groups is 1. The van der Waals surface area contributed by atoms with Gasteiger partial charge in [0.2, 0.25) is 0 Å². The molecular weight excluding hydrogens is 252 g/mol. The average Bonchev–Trinajstić information content (AvgIpc) is 2.48.